The number of nitrogen functional groups attached to an aromatic ring is 1. The van der Waals surface area contributed by atoms with Crippen molar-refractivity contribution >= 4 is 16.5 Å². The molecular formula is C12H19NO2S. The second-order valence-electron chi connectivity index (χ2n) is 4.58. The van der Waals surface area contributed by atoms with Crippen LogP contribution < -0.4 is 10.5 Å². The van der Waals surface area contributed by atoms with E-state index in [9.17, 15) is 4.21 Å². The number of hydrogen-bond acceptors (Lipinski definition) is 3. The molecule has 1 atom stereocenters. The molecule has 1 unspecified atom stereocenters. The molecule has 1 aromatic rings. The third kappa shape index (κ3) is 4.23. The Kier molecular flexibility index (Phi) is 4.35. The van der Waals surface area contributed by atoms with Crippen LogP contribution in [-0.4, -0.2) is 21.3 Å². The maximum Gasteiger partial charge on any atom is 0.121 e. The average Bonchev–Trinajstić information content (AvgIpc) is 2.16. The van der Waals surface area contributed by atoms with Crippen LogP contribution in [0.2, 0.25) is 0 Å². The number of benzene rings is 1. The molecule has 3 nitrogen and oxygen atoms in total. The molecule has 0 bridgehead atoms. The summed E-state index contributed by atoms with van der Waals surface area (Å²) in [4.78, 5) is 0. The molecule has 0 aliphatic rings. The zero-order valence-corrected chi connectivity index (χ0v) is 10.8. The number of hydrogen-bond donors (Lipinski definition) is 1. The summed E-state index contributed by atoms with van der Waals surface area (Å²) < 4.78 is 17.0. The van der Waals surface area contributed by atoms with Crippen LogP contribution in [0, 0.1) is 0 Å². The maximum absolute atomic E-state index is 11.7. The lowest BCUT2D eigenvalue weighted by Crippen LogP contribution is -2.26. The van der Waals surface area contributed by atoms with Gasteiger partial charge >= 0.3 is 0 Å². The third-order valence-electron chi connectivity index (χ3n) is 2.08. The Labute approximate surface area is 99.4 Å². The first-order valence-corrected chi connectivity index (χ1v) is 6.58. The molecule has 4 heteroatoms. The van der Waals surface area contributed by atoms with E-state index in [1.54, 1.807) is 12.1 Å². The van der Waals surface area contributed by atoms with Crippen LogP contribution in [0.25, 0.3) is 0 Å². The molecule has 0 spiro atoms. The lowest BCUT2D eigenvalue weighted by atomic mass is 10.3. The summed E-state index contributed by atoms with van der Waals surface area (Å²) in [7, 11) is -0.873. The molecule has 0 aliphatic heterocycles. The highest BCUT2D eigenvalue weighted by atomic mass is 32.2. The molecule has 0 radical (unpaired) electrons. The highest BCUT2D eigenvalue weighted by Gasteiger charge is 2.18. The van der Waals surface area contributed by atoms with E-state index >= 15 is 0 Å². The van der Waals surface area contributed by atoms with Crippen LogP contribution in [0.4, 0.5) is 5.69 Å². The molecule has 0 fully saturated rings. The molecule has 1 aromatic carbocycles. The van der Waals surface area contributed by atoms with E-state index in [4.69, 9.17) is 10.5 Å². The maximum atomic E-state index is 11.7. The van der Waals surface area contributed by atoms with Gasteiger partial charge in [-0.3, -0.25) is 4.21 Å². The van der Waals surface area contributed by atoms with Crippen molar-refractivity contribution < 1.29 is 8.95 Å². The summed E-state index contributed by atoms with van der Waals surface area (Å²) in [6.07, 6.45) is 0. The van der Waals surface area contributed by atoms with Gasteiger partial charge in [0.15, 0.2) is 0 Å². The van der Waals surface area contributed by atoms with Crippen LogP contribution in [0.1, 0.15) is 20.8 Å². The number of anilines is 1. The lowest BCUT2D eigenvalue weighted by molar-refractivity contribution is 0.342. The number of rotatable bonds is 4. The molecule has 2 N–H and O–H groups in total. The van der Waals surface area contributed by atoms with Gasteiger partial charge in [-0.2, -0.15) is 0 Å². The fourth-order valence-electron chi connectivity index (χ4n) is 1.15. The fraction of sp³-hybridized carbons (Fsp3) is 0.500. The van der Waals surface area contributed by atoms with E-state index in [0.717, 1.165) is 5.75 Å². The van der Waals surface area contributed by atoms with E-state index in [2.05, 4.69) is 0 Å². The monoisotopic (exact) mass is 241 g/mol. The van der Waals surface area contributed by atoms with Crippen molar-refractivity contribution in [3.8, 4) is 5.75 Å². The highest BCUT2D eigenvalue weighted by molar-refractivity contribution is 7.86. The Balaban J connectivity index is 2.39. The normalized spacial score (nSPS) is 13.4. The second-order valence-corrected chi connectivity index (χ2v) is 6.91. The summed E-state index contributed by atoms with van der Waals surface area (Å²) >= 11 is 0. The van der Waals surface area contributed by atoms with Crippen molar-refractivity contribution in [1.29, 1.82) is 0 Å². The SMILES string of the molecule is CC(C)(C)S(=O)CCOc1cccc(N)c1. The topological polar surface area (TPSA) is 52.3 Å². The minimum Gasteiger partial charge on any atom is -0.493 e. The molecule has 0 aliphatic carbocycles. The van der Waals surface area contributed by atoms with E-state index < -0.39 is 10.8 Å². The highest BCUT2D eigenvalue weighted by Crippen LogP contribution is 2.15. The zero-order chi connectivity index (χ0) is 12.2. The molecular weight excluding hydrogens is 222 g/mol. The van der Waals surface area contributed by atoms with Gasteiger partial charge in [-0.05, 0) is 32.9 Å². The van der Waals surface area contributed by atoms with Gasteiger partial charge in [-0.1, -0.05) is 6.07 Å². The fourth-order valence-corrected chi connectivity index (χ4v) is 1.99. The van der Waals surface area contributed by atoms with Gasteiger partial charge in [0, 0.05) is 27.3 Å². The summed E-state index contributed by atoms with van der Waals surface area (Å²) in [6.45, 7) is 6.34. The van der Waals surface area contributed by atoms with E-state index in [1.165, 1.54) is 0 Å². The molecule has 0 saturated carbocycles. The van der Waals surface area contributed by atoms with Gasteiger partial charge in [0.05, 0.1) is 12.4 Å². The second kappa shape index (κ2) is 5.34. The minimum atomic E-state index is -0.873. The van der Waals surface area contributed by atoms with Crippen molar-refractivity contribution in [2.75, 3.05) is 18.1 Å². The van der Waals surface area contributed by atoms with Gasteiger partial charge in [-0.25, -0.2) is 0 Å². The first kappa shape index (κ1) is 13.0. The summed E-state index contributed by atoms with van der Waals surface area (Å²) in [6, 6.07) is 7.25. The van der Waals surface area contributed by atoms with Crippen LogP contribution in [0.5, 0.6) is 5.75 Å². The van der Waals surface area contributed by atoms with Crippen molar-refractivity contribution in [1.82, 2.24) is 0 Å². The molecule has 90 valence electrons. The van der Waals surface area contributed by atoms with Crippen LogP contribution in [0.3, 0.4) is 0 Å². The summed E-state index contributed by atoms with van der Waals surface area (Å²) in [5.74, 6) is 1.27. The third-order valence-corrected chi connectivity index (χ3v) is 3.98. The zero-order valence-electron chi connectivity index (χ0n) is 10.0. The van der Waals surface area contributed by atoms with Gasteiger partial charge in [-0.15, -0.1) is 0 Å². The molecule has 0 amide bonds. The Morgan fingerprint density at radius 2 is 2.06 bits per heavy atom. The molecule has 0 saturated heterocycles. The van der Waals surface area contributed by atoms with Crippen LogP contribution in [-0.2, 0) is 10.8 Å². The average molecular weight is 241 g/mol. The summed E-state index contributed by atoms with van der Waals surface area (Å²) in [5.41, 5.74) is 6.29. The largest absolute Gasteiger partial charge is 0.493 e. The van der Waals surface area contributed by atoms with Gasteiger partial charge < -0.3 is 10.5 Å². The molecule has 1 rings (SSSR count). The van der Waals surface area contributed by atoms with Crippen molar-refractivity contribution in [2.24, 2.45) is 0 Å². The predicted octanol–water partition coefficient (Wildman–Crippen LogP) is 2.19. The standard InChI is InChI=1S/C12H19NO2S/c1-12(2,3)16(14)8-7-15-11-6-4-5-10(13)9-11/h4-6,9H,7-8,13H2,1-3H3. The van der Waals surface area contributed by atoms with Crippen molar-refractivity contribution in [3.05, 3.63) is 24.3 Å². The Hall–Kier alpha value is -1.03. The Morgan fingerprint density at radius 1 is 1.38 bits per heavy atom. The van der Waals surface area contributed by atoms with Gasteiger partial charge in [0.25, 0.3) is 0 Å². The van der Waals surface area contributed by atoms with Crippen LogP contribution in [0.15, 0.2) is 24.3 Å². The first-order valence-electron chi connectivity index (χ1n) is 5.26. The smallest absolute Gasteiger partial charge is 0.121 e. The van der Waals surface area contributed by atoms with Gasteiger partial charge in [0.1, 0.15) is 5.75 Å². The Bertz CT molecular complexity index is 372. The first-order chi connectivity index (χ1) is 7.39. The molecule has 0 heterocycles. The van der Waals surface area contributed by atoms with Crippen molar-refractivity contribution in [2.45, 2.75) is 25.5 Å². The Morgan fingerprint density at radius 3 is 2.62 bits per heavy atom. The quantitative estimate of drug-likeness (QED) is 0.822. The van der Waals surface area contributed by atoms with Gasteiger partial charge in [0.2, 0.25) is 0 Å². The number of ether oxygens (including phenoxy) is 1. The van der Waals surface area contributed by atoms with Crippen LogP contribution >= 0.6 is 0 Å². The van der Waals surface area contributed by atoms with E-state index in [0.29, 0.717) is 18.0 Å². The van der Waals surface area contributed by atoms with E-state index in [1.807, 2.05) is 32.9 Å². The summed E-state index contributed by atoms with van der Waals surface area (Å²) in [5, 5.41) is 0. The molecule has 0 aromatic heterocycles. The predicted molar refractivity (Wildman–Crippen MR) is 69.1 cm³/mol. The van der Waals surface area contributed by atoms with E-state index in [-0.39, 0.29) is 4.75 Å². The minimum absolute atomic E-state index is 0.181. The number of nitrogens with two attached hydrogens (primary N) is 1. The lowest BCUT2D eigenvalue weighted by Gasteiger charge is -2.17. The molecule has 16 heavy (non-hydrogen) atoms. The van der Waals surface area contributed by atoms with Crippen molar-refractivity contribution in [3.63, 3.8) is 0 Å².